The van der Waals surface area contributed by atoms with Gasteiger partial charge in [-0.3, -0.25) is 0 Å². The number of urea groups is 1. The molecule has 0 aromatic heterocycles. The third-order valence-electron chi connectivity index (χ3n) is 3.28. The SMILES string of the molecule is COc1cc(NC(=O)Nc2c(C)cc(C)cc2Cl)cc(OC)c1. The number of methoxy groups -OCH3 is 2. The molecule has 0 heterocycles. The van der Waals surface area contributed by atoms with Crippen molar-refractivity contribution in [2.45, 2.75) is 13.8 Å². The molecule has 122 valence electrons. The van der Waals surface area contributed by atoms with E-state index in [0.717, 1.165) is 11.1 Å². The summed E-state index contributed by atoms with van der Waals surface area (Å²) < 4.78 is 10.4. The number of rotatable bonds is 4. The van der Waals surface area contributed by atoms with E-state index in [-0.39, 0.29) is 0 Å². The average molecular weight is 335 g/mol. The number of amides is 2. The third-order valence-corrected chi connectivity index (χ3v) is 3.58. The Morgan fingerprint density at radius 2 is 1.57 bits per heavy atom. The summed E-state index contributed by atoms with van der Waals surface area (Å²) in [4.78, 5) is 12.2. The summed E-state index contributed by atoms with van der Waals surface area (Å²) in [6.45, 7) is 3.84. The zero-order valence-electron chi connectivity index (χ0n) is 13.5. The minimum Gasteiger partial charge on any atom is -0.497 e. The zero-order chi connectivity index (χ0) is 17.0. The normalized spacial score (nSPS) is 10.1. The molecule has 0 unspecified atom stereocenters. The van der Waals surface area contributed by atoms with Crippen molar-refractivity contribution in [1.82, 2.24) is 0 Å². The molecular weight excluding hydrogens is 316 g/mol. The Morgan fingerprint density at radius 1 is 0.957 bits per heavy atom. The highest BCUT2D eigenvalue weighted by atomic mass is 35.5. The van der Waals surface area contributed by atoms with Gasteiger partial charge in [-0.1, -0.05) is 17.7 Å². The summed E-state index contributed by atoms with van der Waals surface area (Å²) in [5.74, 6) is 1.17. The molecule has 2 rings (SSSR count). The third kappa shape index (κ3) is 4.29. The van der Waals surface area contributed by atoms with Gasteiger partial charge in [0.05, 0.1) is 24.9 Å². The Balaban J connectivity index is 2.17. The molecule has 0 bridgehead atoms. The number of aryl methyl sites for hydroxylation is 2. The molecule has 2 aromatic rings. The first-order valence-corrected chi connectivity index (χ1v) is 7.38. The van der Waals surface area contributed by atoms with Crippen LogP contribution in [0.2, 0.25) is 5.02 Å². The highest BCUT2D eigenvalue weighted by Crippen LogP contribution is 2.28. The van der Waals surface area contributed by atoms with Gasteiger partial charge in [0.1, 0.15) is 11.5 Å². The van der Waals surface area contributed by atoms with E-state index in [4.69, 9.17) is 21.1 Å². The van der Waals surface area contributed by atoms with Crippen LogP contribution in [-0.4, -0.2) is 20.3 Å². The van der Waals surface area contributed by atoms with Crippen molar-refractivity contribution in [1.29, 1.82) is 0 Å². The second-order valence-electron chi connectivity index (χ2n) is 5.12. The van der Waals surface area contributed by atoms with Gasteiger partial charge >= 0.3 is 6.03 Å². The van der Waals surface area contributed by atoms with E-state index in [9.17, 15) is 4.79 Å². The second kappa shape index (κ2) is 7.24. The van der Waals surface area contributed by atoms with Crippen LogP contribution in [0.25, 0.3) is 0 Å². The Kier molecular flexibility index (Phi) is 5.34. The number of benzene rings is 2. The van der Waals surface area contributed by atoms with Gasteiger partial charge in [0, 0.05) is 23.9 Å². The largest absolute Gasteiger partial charge is 0.497 e. The number of hydrogen-bond acceptors (Lipinski definition) is 3. The average Bonchev–Trinajstić information content (AvgIpc) is 2.50. The van der Waals surface area contributed by atoms with Crippen molar-refractivity contribution in [2.24, 2.45) is 0 Å². The molecular formula is C17H19ClN2O3. The molecule has 2 N–H and O–H groups in total. The van der Waals surface area contributed by atoms with Gasteiger partial charge in [-0.05, 0) is 31.0 Å². The van der Waals surface area contributed by atoms with Gasteiger partial charge in [0.25, 0.3) is 0 Å². The Bertz CT molecular complexity index is 687. The number of hydrogen-bond donors (Lipinski definition) is 2. The molecule has 0 radical (unpaired) electrons. The fourth-order valence-electron chi connectivity index (χ4n) is 2.23. The number of carbonyl (C=O) groups is 1. The van der Waals surface area contributed by atoms with E-state index in [0.29, 0.717) is 27.9 Å². The van der Waals surface area contributed by atoms with Crippen LogP contribution in [0.4, 0.5) is 16.2 Å². The van der Waals surface area contributed by atoms with Gasteiger partial charge in [0.15, 0.2) is 0 Å². The lowest BCUT2D eigenvalue weighted by molar-refractivity contribution is 0.262. The van der Waals surface area contributed by atoms with Crippen molar-refractivity contribution in [3.63, 3.8) is 0 Å². The van der Waals surface area contributed by atoms with Gasteiger partial charge in [-0.15, -0.1) is 0 Å². The monoisotopic (exact) mass is 334 g/mol. The minimum atomic E-state index is -0.394. The quantitative estimate of drug-likeness (QED) is 0.857. The molecule has 0 spiro atoms. The first kappa shape index (κ1) is 17.0. The smallest absolute Gasteiger partial charge is 0.323 e. The molecule has 23 heavy (non-hydrogen) atoms. The summed E-state index contributed by atoms with van der Waals surface area (Å²) in [7, 11) is 3.10. The fraction of sp³-hybridized carbons (Fsp3) is 0.235. The molecule has 0 saturated heterocycles. The molecule has 0 aliphatic heterocycles. The van der Waals surface area contributed by atoms with Crippen LogP contribution >= 0.6 is 11.6 Å². The number of halogens is 1. The van der Waals surface area contributed by atoms with Gasteiger partial charge < -0.3 is 20.1 Å². The lowest BCUT2D eigenvalue weighted by atomic mass is 10.1. The van der Waals surface area contributed by atoms with Crippen molar-refractivity contribution in [3.8, 4) is 11.5 Å². The Morgan fingerprint density at radius 3 is 2.09 bits per heavy atom. The van der Waals surface area contributed by atoms with Crippen LogP contribution < -0.4 is 20.1 Å². The van der Waals surface area contributed by atoms with E-state index in [2.05, 4.69) is 10.6 Å². The van der Waals surface area contributed by atoms with Gasteiger partial charge in [0.2, 0.25) is 0 Å². The van der Waals surface area contributed by atoms with Crippen molar-refractivity contribution in [2.75, 3.05) is 24.9 Å². The second-order valence-corrected chi connectivity index (χ2v) is 5.53. The van der Waals surface area contributed by atoms with E-state index < -0.39 is 6.03 Å². The van der Waals surface area contributed by atoms with Crippen molar-refractivity contribution >= 4 is 29.0 Å². The minimum absolute atomic E-state index is 0.394. The topological polar surface area (TPSA) is 59.6 Å². The highest BCUT2D eigenvalue weighted by Gasteiger charge is 2.11. The van der Waals surface area contributed by atoms with Crippen LogP contribution in [0, 0.1) is 13.8 Å². The number of carbonyl (C=O) groups excluding carboxylic acids is 1. The summed E-state index contributed by atoms with van der Waals surface area (Å²) in [6.07, 6.45) is 0. The Labute approximate surface area is 140 Å². The van der Waals surface area contributed by atoms with Crippen LogP contribution in [0.3, 0.4) is 0 Å². The van der Waals surface area contributed by atoms with Crippen molar-refractivity contribution < 1.29 is 14.3 Å². The van der Waals surface area contributed by atoms with Gasteiger partial charge in [-0.2, -0.15) is 0 Å². The maximum absolute atomic E-state index is 12.2. The van der Waals surface area contributed by atoms with E-state index >= 15 is 0 Å². The lowest BCUT2D eigenvalue weighted by Gasteiger charge is -2.13. The standard InChI is InChI=1S/C17H19ClN2O3/c1-10-5-11(2)16(15(18)6-10)20-17(21)19-12-7-13(22-3)9-14(8-12)23-4/h5-9H,1-4H3,(H2,19,20,21). The molecule has 0 aliphatic carbocycles. The van der Waals surface area contributed by atoms with Crippen LogP contribution in [-0.2, 0) is 0 Å². The maximum atomic E-state index is 12.2. The summed E-state index contributed by atoms with van der Waals surface area (Å²) in [5.41, 5.74) is 3.08. The molecule has 2 aromatic carbocycles. The molecule has 2 amide bonds. The zero-order valence-corrected chi connectivity index (χ0v) is 14.2. The van der Waals surface area contributed by atoms with E-state index in [1.165, 1.54) is 0 Å². The van der Waals surface area contributed by atoms with Crippen molar-refractivity contribution in [3.05, 3.63) is 46.5 Å². The molecule has 0 saturated carbocycles. The molecule has 0 fully saturated rings. The molecule has 0 atom stereocenters. The summed E-state index contributed by atoms with van der Waals surface area (Å²) >= 11 is 6.19. The number of ether oxygens (including phenoxy) is 2. The number of anilines is 2. The Hall–Kier alpha value is -2.40. The molecule has 5 nitrogen and oxygen atoms in total. The number of nitrogens with one attached hydrogen (secondary N) is 2. The maximum Gasteiger partial charge on any atom is 0.323 e. The molecule has 6 heteroatoms. The van der Waals surface area contributed by atoms with E-state index in [1.54, 1.807) is 38.5 Å². The van der Waals surface area contributed by atoms with Gasteiger partial charge in [-0.25, -0.2) is 4.79 Å². The first-order chi connectivity index (χ1) is 10.9. The van der Waals surface area contributed by atoms with E-state index in [1.807, 2.05) is 19.9 Å². The summed E-state index contributed by atoms with van der Waals surface area (Å²) in [6, 6.07) is 8.49. The predicted molar refractivity (Wildman–Crippen MR) is 93.1 cm³/mol. The van der Waals surface area contributed by atoms with Crippen LogP contribution in [0.15, 0.2) is 30.3 Å². The molecule has 0 aliphatic rings. The fourth-order valence-corrected chi connectivity index (χ4v) is 2.60. The highest BCUT2D eigenvalue weighted by molar-refractivity contribution is 6.34. The predicted octanol–water partition coefficient (Wildman–Crippen LogP) is 4.62. The van der Waals surface area contributed by atoms with Crippen LogP contribution in [0.5, 0.6) is 11.5 Å². The van der Waals surface area contributed by atoms with Crippen LogP contribution in [0.1, 0.15) is 11.1 Å². The lowest BCUT2D eigenvalue weighted by Crippen LogP contribution is -2.20. The summed E-state index contributed by atoms with van der Waals surface area (Å²) in [5, 5.41) is 6.01. The first-order valence-electron chi connectivity index (χ1n) is 7.00.